The van der Waals surface area contributed by atoms with Gasteiger partial charge in [-0.2, -0.15) is 0 Å². The molecule has 2 rings (SSSR count). The van der Waals surface area contributed by atoms with Crippen LogP contribution in [0.25, 0.3) is 0 Å². The van der Waals surface area contributed by atoms with Crippen molar-refractivity contribution < 1.29 is 0 Å². The zero-order valence-corrected chi connectivity index (χ0v) is 11.0. The molecule has 0 atom stereocenters. The van der Waals surface area contributed by atoms with Crippen molar-refractivity contribution in [1.82, 2.24) is 4.98 Å². The normalized spacial score (nSPS) is 10.2. The summed E-state index contributed by atoms with van der Waals surface area (Å²) >= 11 is 9.49. The molecule has 0 aliphatic heterocycles. The molecule has 4 heteroatoms. The molecule has 2 nitrogen and oxygen atoms in total. The van der Waals surface area contributed by atoms with E-state index in [2.05, 4.69) is 26.2 Å². The minimum atomic E-state index is 0.759. The van der Waals surface area contributed by atoms with Crippen molar-refractivity contribution in [2.75, 3.05) is 5.32 Å². The highest BCUT2D eigenvalue weighted by Crippen LogP contribution is 2.29. The van der Waals surface area contributed by atoms with Crippen molar-refractivity contribution in [2.45, 2.75) is 6.92 Å². The van der Waals surface area contributed by atoms with E-state index >= 15 is 0 Å². The molecule has 0 bridgehead atoms. The Morgan fingerprint density at radius 2 is 2.06 bits per heavy atom. The van der Waals surface area contributed by atoms with Crippen molar-refractivity contribution in [3.8, 4) is 0 Å². The highest BCUT2D eigenvalue weighted by Gasteiger charge is 2.04. The van der Waals surface area contributed by atoms with Crippen LogP contribution in [-0.2, 0) is 0 Å². The highest BCUT2D eigenvalue weighted by atomic mass is 79.9. The molecule has 0 aliphatic rings. The molecule has 0 amide bonds. The first-order valence-electron chi connectivity index (χ1n) is 4.80. The van der Waals surface area contributed by atoms with Crippen LogP contribution in [0.15, 0.2) is 41.1 Å². The van der Waals surface area contributed by atoms with Crippen molar-refractivity contribution in [3.05, 3.63) is 51.7 Å². The quantitative estimate of drug-likeness (QED) is 0.879. The van der Waals surface area contributed by atoms with Gasteiger partial charge in [0.15, 0.2) is 0 Å². The van der Waals surface area contributed by atoms with E-state index in [1.54, 1.807) is 12.4 Å². The molecule has 0 spiro atoms. The molecule has 0 saturated heterocycles. The fourth-order valence-electron chi connectivity index (χ4n) is 1.36. The number of benzene rings is 1. The number of pyridine rings is 1. The summed E-state index contributed by atoms with van der Waals surface area (Å²) in [6.45, 7) is 1.99. The van der Waals surface area contributed by atoms with E-state index in [1.165, 1.54) is 0 Å². The third kappa shape index (κ3) is 2.36. The van der Waals surface area contributed by atoms with Gasteiger partial charge in [0.1, 0.15) is 0 Å². The van der Waals surface area contributed by atoms with Gasteiger partial charge >= 0.3 is 0 Å². The number of rotatable bonds is 2. The predicted octanol–water partition coefficient (Wildman–Crippen LogP) is 4.55. The third-order valence-electron chi connectivity index (χ3n) is 2.31. The van der Waals surface area contributed by atoms with Crippen molar-refractivity contribution in [1.29, 1.82) is 0 Å². The lowest BCUT2D eigenvalue weighted by Crippen LogP contribution is -1.94. The van der Waals surface area contributed by atoms with Gasteiger partial charge < -0.3 is 5.32 Å². The Morgan fingerprint density at radius 3 is 2.81 bits per heavy atom. The molecule has 1 aromatic carbocycles. The van der Waals surface area contributed by atoms with E-state index < -0.39 is 0 Å². The fourth-order valence-corrected chi connectivity index (χ4v) is 1.89. The molecule has 0 aliphatic carbocycles. The van der Waals surface area contributed by atoms with Crippen LogP contribution in [0, 0.1) is 6.92 Å². The number of nitrogens with zero attached hydrogens (tertiary/aromatic N) is 1. The fraction of sp³-hybridized carbons (Fsp3) is 0.0833. The standard InChI is InChI=1S/C12H10BrClN2/c1-8-10(14)3-2-4-11(8)16-12-5-6-15-7-9(12)13/h2-7H,1H3,(H,15,16). The van der Waals surface area contributed by atoms with Crippen LogP contribution in [0.2, 0.25) is 5.02 Å². The summed E-state index contributed by atoms with van der Waals surface area (Å²) in [5, 5.41) is 4.07. The van der Waals surface area contributed by atoms with Gasteiger partial charge in [0.2, 0.25) is 0 Å². The predicted molar refractivity (Wildman–Crippen MR) is 71.4 cm³/mol. The second-order valence-corrected chi connectivity index (χ2v) is 4.65. The summed E-state index contributed by atoms with van der Waals surface area (Å²) in [6, 6.07) is 7.70. The first kappa shape index (κ1) is 11.4. The summed E-state index contributed by atoms with van der Waals surface area (Å²) in [7, 11) is 0. The molecular weight excluding hydrogens is 288 g/mol. The molecule has 0 fully saturated rings. The van der Waals surface area contributed by atoms with Gasteiger partial charge in [-0.1, -0.05) is 17.7 Å². The Kier molecular flexibility index (Phi) is 3.46. The van der Waals surface area contributed by atoms with Gasteiger partial charge in [0.05, 0.1) is 10.2 Å². The van der Waals surface area contributed by atoms with E-state index in [-0.39, 0.29) is 0 Å². The molecule has 0 unspecified atom stereocenters. The Morgan fingerprint density at radius 1 is 1.25 bits per heavy atom. The Balaban J connectivity index is 2.35. The van der Waals surface area contributed by atoms with E-state index in [0.717, 1.165) is 26.4 Å². The summed E-state index contributed by atoms with van der Waals surface area (Å²) in [5.41, 5.74) is 3.01. The van der Waals surface area contributed by atoms with Gasteiger partial charge in [-0.05, 0) is 46.6 Å². The number of nitrogens with one attached hydrogen (secondary N) is 1. The molecule has 0 radical (unpaired) electrons. The molecule has 1 N–H and O–H groups in total. The van der Waals surface area contributed by atoms with Crippen molar-refractivity contribution >= 4 is 38.9 Å². The molecule has 1 heterocycles. The van der Waals surface area contributed by atoms with E-state index in [4.69, 9.17) is 11.6 Å². The average molecular weight is 298 g/mol. The van der Waals surface area contributed by atoms with Crippen LogP contribution in [0.4, 0.5) is 11.4 Å². The van der Waals surface area contributed by atoms with E-state index in [1.807, 2.05) is 31.2 Å². The molecular formula is C12H10BrClN2. The van der Waals surface area contributed by atoms with Crippen LogP contribution < -0.4 is 5.32 Å². The second kappa shape index (κ2) is 4.85. The first-order chi connectivity index (χ1) is 7.68. The molecule has 16 heavy (non-hydrogen) atoms. The molecule has 1 aromatic heterocycles. The van der Waals surface area contributed by atoms with Crippen LogP contribution in [0.3, 0.4) is 0 Å². The average Bonchev–Trinajstić information content (AvgIpc) is 2.28. The Bertz CT molecular complexity index is 514. The third-order valence-corrected chi connectivity index (χ3v) is 3.35. The van der Waals surface area contributed by atoms with Gasteiger partial charge in [-0.25, -0.2) is 0 Å². The van der Waals surface area contributed by atoms with Gasteiger partial charge in [0.25, 0.3) is 0 Å². The zero-order chi connectivity index (χ0) is 11.5. The Hall–Kier alpha value is -1.06. The largest absolute Gasteiger partial charge is 0.354 e. The SMILES string of the molecule is Cc1c(Cl)cccc1Nc1ccncc1Br. The minimum absolute atomic E-state index is 0.759. The maximum atomic E-state index is 6.06. The molecule has 0 saturated carbocycles. The second-order valence-electron chi connectivity index (χ2n) is 3.39. The maximum absolute atomic E-state index is 6.06. The summed E-state index contributed by atoms with van der Waals surface area (Å²) in [4.78, 5) is 4.01. The number of hydrogen-bond donors (Lipinski definition) is 1. The van der Waals surface area contributed by atoms with Crippen LogP contribution in [0.1, 0.15) is 5.56 Å². The highest BCUT2D eigenvalue weighted by molar-refractivity contribution is 9.10. The lowest BCUT2D eigenvalue weighted by Gasteiger charge is -2.11. The van der Waals surface area contributed by atoms with Crippen molar-refractivity contribution in [3.63, 3.8) is 0 Å². The van der Waals surface area contributed by atoms with Crippen LogP contribution in [-0.4, -0.2) is 4.98 Å². The summed E-state index contributed by atoms with van der Waals surface area (Å²) < 4.78 is 0.925. The van der Waals surface area contributed by atoms with Gasteiger partial charge in [-0.3, -0.25) is 4.98 Å². The van der Waals surface area contributed by atoms with Gasteiger partial charge in [-0.15, -0.1) is 0 Å². The van der Waals surface area contributed by atoms with Crippen LogP contribution >= 0.6 is 27.5 Å². The zero-order valence-electron chi connectivity index (χ0n) is 8.67. The summed E-state index contributed by atoms with van der Waals surface area (Å²) in [6.07, 6.45) is 3.50. The number of hydrogen-bond acceptors (Lipinski definition) is 2. The lowest BCUT2D eigenvalue weighted by atomic mass is 10.2. The van der Waals surface area contributed by atoms with Gasteiger partial charge in [0, 0.05) is 23.1 Å². The van der Waals surface area contributed by atoms with Crippen molar-refractivity contribution in [2.24, 2.45) is 0 Å². The van der Waals surface area contributed by atoms with E-state index in [0.29, 0.717) is 0 Å². The first-order valence-corrected chi connectivity index (χ1v) is 5.97. The molecule has 2 aromatic rings. The van der Waals surface area contributed by atoms with E-state index in [9.17, 15) is 0 Å². The molecule has 82 valence electrons. The lowest BCUT2D eigenvalue weighted by molar-refractivity contribution is 1.30. The number of anilines is 2. The monoisotopic (exact) mass is 296 g/mol. The smallest absolute Gasteiger partial charge is 0.0593 e. The maximum Gasteiger partial charge on any atom is 0.0593 e. The Labute approximate surface area is 108 Å². The topological polar surface area (TPSA) is 24.9 Å². The number of aromatic nitrogens is 1. The number of halogens is 2. The van der Waals surface area contributed by atoms with Crippen LogP contribution in [0.5, 0.6) is 0 Å². The minimum Gasteiger partial charge on any atom is -0.354 e. The summed E-state index contributed by atoms with van der Waals surface area (Å²) in [5.74, 6) is 0.